The van der Waals surface area contributed by atoms with Crippen molar-refractivity contribution in [2.24, 2.45) is 0 Å². The van der Waals surface area contributed by atoms with Gasteiger partial charge in [0, 0.05) is 28.2 Å². The minimum Gasteiger partial charge on any atom is -0.273 e. The summed E-state index contributed by atoms with van der Waals surface area (Å²) in [4.78, 5) is 34.2. The van der Waals surface area contributed by atoms with Crippen molar-refractivity contribution in [1.82, 2.24) is 20.8 Å². The second-order valence-electron chi connectivity index (χ2n) is 6.24. The zero-order chi connectivity index (χ0) is 20.9. The summed E-state index contributed by atoms with van der Waals surface area (Å²) >= 11 is 2.68. The maximum Gasteiger partial charge on any atom is 0.279 e. The first-order valence-electron chi connectivity index (χ1n) is 8.88. The van der Waals surface area contributed by atoms with Crippen LogP contribution in [0.3, 0.4) is 0 Å². The highest BCUT2D eigenvalue weighted by Crippen LogP contribution is 2.28. The number of hydrogen-bond donors (Lipinski definition) is 2. The van der Waals surface area contributed by atoms with Gasteiger partial charge in [0.15, 0.2) is 0 Å². The van der Waals surface area contributed by atoms with Gasteiger partial charge in [-0.25, -0.2) is 9.37 Å². The second kappa shape index (κ2) is 8.93. The lowest BCUT2D eigenvalue weighted by molar-refractivity contribution is -0.121. The molecule has 3 aromatic heterocycles. The van der Waals surface area contributed by atoms with Gasteiger partial charge in [-0.05, 0) is 42.0 Å². The van der Waals surface area contributed by atoms with E-state index in [1.807, 2.05) is 12.1 Å². The Hall–Kier alpha value is -3.43. The largest absolute Gasteiger partial charge is 0.279 e. The molecule has 3 heterocycles. The van der Waals surface area contributed by atoms with Gasteiger partial charge in [0.2, 0.25) is 5.91 Å². The van der Waals surface area contributed by atoms with Crippen LogP contribution in [0.1, 0.15) is 15.4 Å². The highest BCUT2D eigenvalue weighted by molar-refractivity contribution is 7.17. The van der Waals surface area contributed by atoms with Crippen LogP contribution in [0.4, 0.5) is 4.39 Å². The minimum atomic E-state index is -0.420. The Bertz CT molecular complexity index is 1170. The van der Waals surface area contributed by atoms with Gasteiger partial charge in [0.25, 0.3) is 5.91 Å². The number of rotatable bonds is 5. The molecule has 1 aromatic carbocycles. The average Bonchev–Trinajstić information content (AvgIpc) is 3.43. The first-order chi connectivity index (χ1) is 14.6. The zero-order valence-corrected chi connectivity index (χ0v) is 17.1. The van der Waals surface area contributed by atoms with E-state index in [0.29, 0.717) is 10.6 Å². The first-order valence-corrected chi connectivity index (χ1v) is 10.6. The minimum absolute atomic E-state index is 0.0440. The van der Waals surface area contributed by atoms with Crippen LogP contribution in [0, 0.1) is 5.82 Å². The van der Waals surface area contributed by atoms with Crippen LogP contribution in [0.25, 0.3) is 21.0 Å². The molecule has 4 aromatic rings. The standard InChI is InChI=1S/C21H15FN4O2S2/c22-15-5-3-13(4-6-15)17-7-8-18(30-17)20(28)26-25-19(27)10-16-12-29-21(24-16)14-2-1-9-23-11-14/h1-9,11-12H,10H2,(H,25,27)(H,26,28). The molecule has 0 unspecified atom stereocenters. The number of carbonyl (C=O) groups excluding carboxylic acids is 2. The maximum absolute atomic E-state index is 13.0. The lowest BCUT2D eigenvalue weighted by Crippen LogP contribution is -2.42. The number of nitrogens with one attached hydrogen (secondary N) is 2. The average molecular weight is 439 g/mol. The molecule has 0 aliphatic carbocycles. The van der Waals surface area contributed by atoms with E-state index in [0.717, 1.165) is 21.0 Å². The molecule has 2 N–H and O–H groups in total. The summed E-state index contributed by atoms with van der Waals surface area (Å²) in [6.45, 7) is 0. The second-order valence-corrected chi connectivity index (χ2v) is 8.18. The van der Waals surface area contributed by atoms with E-state index in [1.165, 1.54) is 34.8 Å². The molecule has 0 saturated carbocycles. The predicted octanol–water partition coefficient (Wildman–Crippen LogP) is 4.08. The summed E-state index contributed by atoms with van der Waals surface area (Å²) in [7, 11) is 0. The van der Waals surface area contributed by atoms with Gasteiger partial charge in [-0.2, -0.15) is 0 Å². The van der Waals surface area contributed by atoms with Crippen LogP contribution in [0.5, 0.6) is 0 Å². The van der Waals surface area contributed by atoms with E-state index < -0.39 is 5.91 Å². The maximum atomic E-state index is 13.0. The highest BCUT2D eigenvalue weighted by atomic mass is 32.1. The Morgan fingerprint density at radius 3 is 2.60 bits per heavy atom. The van der Waals surface area contributed by atoms with Crippen LogP contribution < -0.4 is 10.9 Å². The van der Waals surface area contributed by atoms with Gasteiger partial charge in [-0.3, -0.25) is 25.4 Å². The van der Waals surface area contributed by atoms with Gasteiger partial charge < -0.3 is 0 Å². The zero-order valence-electron chi connectivity index (χ0n) is 15.5. The van der Waals surface area contributed by atoms with Crippen LogP contribution in [0.15, 0.2) is 66.3 Å². The molecule has 0 aliphatic rings. The van der Waals surface area contributed by atoms with Crippen molar-refractivity contribution < 1.29 is 14.0 Å². The van der Waals surface area contributed by atoms with Crippen LogP contribution in [0.2, 0.25) is 0 Å². The van der Waals surface area contributed by atoms with Crippen molar-refractivity contribution in [3.63, 3.8) is 0 Å². The summed E-state index contributed by atoms with van der Waals surface area (Å²) < 4.78 is 13.0. The summed E-state index contributed by atoms with van der Waals surface area (Å²) in [6.07, 6.45) is 3.44. The topological polar surface area (TPSA) is 84.0 Å². The quantitative estimate of drug-likeness (QED) is 0.460. The Morgan fingerprint density at radius 1 is 1.00 bits per heavy atom. The van der Waals surface area contributed by atoms with Gasteiger partial charge in [-0.15, -0.1) is 22.7 Å². The van der Waals surface area contributed by atoms with Crippen molar-refractivity contribution in [2.45, 2.75) is 6.42 Å². The molecule has 0 aliphatic heterocycles. The normalized spacial score (nSPS) is 10.6. The Kier molecular flexibility index (Phi) is 5.92. The Balaban J connectivity index is 1.31. The molecule has 0 atom stereocenters. The van der Waals surface area contributed by atoms with Crippen molar-refractivity contribution in [3.8, 4) is 21.0 Å². The fourth-order valence-corrected chi connectivity index (χ4v) is 4.35. The third kappa shape index (κ3) is 4.76. The molecule has 6 nitrogen and oxygen atoms in total. The smallest absolute Gasteiger partial charge is 0.273 e. The molecular formula is C21H15FN4O2S2. The molecule has 0 bridgehead atoms. The fourth-order valence-electron chi connectivity index (χ4n) is 2.64. The summed E-state index contributed by atoms with van der Waals surface area (Å²) in [6, 6.07) is 13.2. The third-order valence-electron chi connectivity index (χ3n) is 4.08. The summed E-state index contributed by atoms with van der Waals surface area (Å²) in [5.41, 5.74) is 7.13. The number of thiazole rings is 1. The van der Waals surface area contributed by atoms with E-state index in [1.54, 1.807) is 42.0 Å². The summed E-state index contributed by atoms with van der Waals surface area (Å²) in [5, 5.41) is 2.58. The molecule has 0 fully saturated rings. The molecular weight excluding hydrogens is 423 g/mol. The monoisotopic (exact) mass is 438 g/mol. The van der Waals surface area contributed by atoms with Gasteiger partial charge in [0.1, 0.15) is 10.8 Å². The predicted molar refractivity (Wildman–Crippen MR) is 114 cm³/mol. The molecule has 9 heteroatoms. The number of benzene rings is 1. The van der Waals surface area contributed by atoms with Crippen molar-refractivity contribution >= 4 is 34.5 Å². The summed E-state index contributed by atoms with van der Waals surface area (Å²) in [5.74, 6) is -1.11. The third-order valence-corrected chi connectivity index (χ3v) is 6.15. The Morgan fingerprint density at radius 2 is 1.83 bits per heavy atom. The molecule has 0 saturated heterocycles. The number of amides is 2. The highest BCUT2D eigenvalue weighted by Gasteiger charge is 2.13. The SMILES string of the molecule is O=C(Cc1csc(-c2cccnc2)n1)NNC(=O)c1ccc(-c2ccc(F)cc2)s1. The van der Waals surface area contributed by atoms with Crippen LogP contribution in [-0.2, 0) is 11.2 Å². The molecule has 150 valence electrons. The molecule has 0 spiro atoms. The van der Waals surface area contributed by atoms with Gasteiger partial charge >= 0.3 is 0 Å². The van der Waals surface area contributed by atoms with E-state index in [2.05, 4.69) is 20.8 Å². The number of halogens is 1. The van der Waals surface area contributed by atoms with Crippen LogP contribution >= 0.6 is 22.7 Å². The van der Waals surface area contributed by atoms with Crippen molar-refractivity contribution in [3.05, 3.63) is 82.7 Å². The number of nitrogens with zero attached hydrogens (tertiary/aromatic N) is 2. The van der Waals surface area contributed by atoms with Gasteiger partial charge in [0.05, 0.1) is 17.0 Å². The molecule has 4 rings (SSSR count). The lowest BCUT2D eigenvalue weighted by atomic mass is 10.2. The number of pyridine rings is 1. The number of hydrazine groups is 1. The van der Waals surface area contributed by atoms with Crippen LogP contribution in [-0.4, -0.2) is 21.8 Å². The fraction of sp³-hybridized carbons (Fsp3) is 0.0476. The molecule has 0 radical (unpaired) electrons. The van der Waals surface area contributed by atoms with E-state index in [9.17, 15) is 14.0 Å². The van der Waals surface area contributed by atoms with Crippen molar-refractivity contribution in [1.29, 1.82) is 0 Å². The first kappa shape index (κ1) is 19.9. The molecule has 2 amide bonds. The van der Waals surface area contributed by atoms with E-state index in [4.69, 9.17) is 0 Å². The Labute approximate surface area is 179 Å². The molecule has 30 heavy (non-hydrogen) atoms. The van der Waals surface area contributed by atoms with E-state index >= 15 is 0 Å². The number of aromatic nitrogens is 2. The van der Waals surface area contributed by atoms with Gasteiger partial charge in [-0.1, -0.05) is 12.1 Å². The lowest BCUT2D eigenvalue weighted by Gasteiger charge is -2.05. The number of carbonyl (C=O) groups is 2. The number of hydrogen-bond acceptors (Lipinski definition) is 6. The number of thiophene rings is 1. The van der Waals surface area contributed by atoms with Crippen molar-refractivity contribution in [2.75, 3.05) is 0 Å². The van der Waals surface area contributed by atoms with E-state index in [-0.39, 0.29) is 18.1 Å².